The third-order valence-electron chi connectivity index (χ3n) is 4.31. The predicted molar refractivity (Wildman–Crippen MR) is 108 cm³/mol. The van der Waals surface area contributed by atoms with Crippen LogP contribution in [0.2, 0.25) is 0 Å². The van der Waals surface area contributed by atoms with Crippen LogP contribution in [0.25, 0.3) is 0 Å². The summed E-state index contributed by atoms with van der Waals surface area (Å²) in [6.07, 6.45) is 0.819. The van der Waals surface area contributed by atoms with Crippen molar-refractivity contribution in [3.05, 3.63) is 58.6 Å². The average Bonchev–Trinajstić information content (AvgIpc) is 2.88. The molecule has 3 rings (SSSR count). The number of hydrogen-bond acceptors (Lipinski definition) is 7. The highest BCUT2D eigenvalue weighted by Crippen LogP contribution is 2.37. The zero-order valence-corrected chi connectivity index (χ0v) is 16.6. The molecular formula is C20H20N2O6S. The molecule has 0 fully saturated rings. The second-order valence-electron chi connectivity index (χ2n) is 6.40. The lowest BCUT2D eigenvalue weighted by molar-refractivity contribution is -0.385. The van der Waals surface area contributed by atoms with Crippen LogP contribution in [-0.4, -0.2) is 41.8 Å². The third-order valence-corrected chi connectivity index (χ3v) is 5.55. The van der Waals surface area contributed by atoms with Crippen molar-refractivity contribution >= 4 is 35.0 Å². The van der Waals surface area contributed by atoms with E-state index in [2.05, 4.69) is 6.92 Å². The summed E-state index contributed by atoms with van der Waals surface area (Å²) in [4.78, 5) is 37.6. The van der Waals surface area contributed by atoms with Crippen LogP contribution in [0, 0.1) is 10.1 Å². The number of para-hydroxylation sites is 3. The first-order valence-electron chi connectivity index (χ1n) is 9.03. The number of nitrogens with zero attached hydrogens (tertiary/aromatic N) is 2. The van der Waals surface area contributed by atoms with Crippen molar-refractivity contribution in [2.24, 2.45) is 0 Å². The van der Waals surface area contributed by atoms with E-state index in [0.29, 0.717) is 11.8 Å². The van der Waals surface area contributed by atoms with Gasteiger partial charge in [0, 0.05) is 22.8 Å². The fraction of sp³-hybridized carbons (Fsp3) is 0.300. The summed E-state index contributed by atoms with van der Waals surface area (Å²) in [6, 6.07) is 13.4. The monoisotopic (exact) mass is 416 g/mol. The van der Waals surface area contributed by atoms with Crippen molar-refractivity contribution in [1.82, 2.24) is 0 Å². The van der Waals surface area contributed by atoms with Crippen molar-refractivity contribution in [3.8, 4) is 5.75 Å². The second-order valence-corrected chi connectivity index (χ2v) is 7.88. The number of nitro groups is 1. The number of carbonyl (C=O) groups excluding carboxylic acids is 2. The number of carbonyl (C=O) groups is 2. The van der Waals surface area contributed by atoms with Gasteiger partial charge in [-0.1, -0.05) is 31.2 Å². The summed E-state index contributed by atoms with van der Waals surface area (Å²) in [5.41, 5.74) is 0.559. The third kappa shape index (κ3) is 5.26. The number of rotatable bonds is 6. The van der Waals surface area contributed by atoms with Gasteiger partial charge in [-0.2, -0.15) is 0 Å². The van der Waals surface area contributed by atoms with Gasteiger partial charge in [-0.3, -0.25) is 14.9 Å². The molecule has 0 saturated heterocycles. The maximum atomic E-state index is 12.7. The minimum Gasteiger partial charge on any atom is -0.475 e. The molecule has 1 amide bonds. The normalized spacial score (nSPS) is 15.8. The van der Waals surface area contributed by atoms with E-state index >= 15 is 0 Å². The van der Waals surface area contributed by atoms with Gasteiger partial charge in [-0.05, 0) is 24.6 Å². The smallest absolute Gasteiger partial charge is 0.344 e. The summed E-state index contributed by atoms with van der Waals surface area (Å²) in [5.74, 6) is -1.14. The number of ether oxygens (including phenoxy) is 2. The Morgan fingerprint density at radius 2 is 1.90 bits per heavy atom. The van der Waals surface area contributed by atoms with Crippen LogP contribution >= 0.6 is 11.8 Å². The van der Waals surface area contributed by atoms with Gasteiger partial charge in [0.15, 0.2) is 19.0 Å². The predicted octanol–water partition coefficient (Wildman–Crippen LogP) is 3.43. The van der Waals surface area contributed by atoms with E-state index in [0.717, 1.165) is 17.0 Å². The molecule has 0 aliphatic carbocycles. The Morgan fingerprint density at radius 3 is 2.69 bits per heavy atom. The zero-order chi connectivity index (χ0) is 20.8. The molecule has 152 valence electrons. The fourth-order valence-corrected chi connectivity index (χ4v) is 3.99. The molecule has 0 saturated carbocycles. The van der Waals surface area contributed by atoms with E-state index in [9.17, 15) is 19.7 Å². The minimum absolute atomic E-state index is 0.0340. The van der Waals surface area contributed by atoms with Crippen molar-refractivity contribution in [1.29, 1.82) is 0 Å². The summed E-state index contributed by atoms with van der Waals surface area (Å²) < 4.78 is 10.2. The fourth-order valence-electron chi connectivity index (χ4n) is 2.87. The number of fused-ring (bicyclic) bond motifs is 1. The number of anilines is 1. The number of thioether (sulfide) groups is 1. The van der Waals surface area contributed by atoms with Gasteiger partial charge in [0.05, 0.1) is 10.6 Å². The van der Waals surface area contributed by atoms with Crippen molar-refractivity contribution in [2.45, 2.75) is 23.5 Å². The first kappa shape index (κ1) is 20.7. The maximum absolute atomic E-state index is 12.7. The van der Waals surface area contributed by atoms with Crippen LogP contribution in [-0.2, 0) is 14.3 Å². The van der Waals surface area contributed by atoms with E-state index < -0.39 is 24.1 Å². The molecular weight excluding hydrogens is 396 g/mol. The van der Waals surface area contributed by atoms with Crippen molar-refractivity contribution < 1.29 is 24.0 Å². The van der Waals surface area contributed by atoms with Gasteiger partial charge >= 0.3 is 11.7 Å². The molecule has 1 aliphatic heterocycles. The van der Waals surface area contributed by atoms with Crippen LogP contribution in [0.5, 0.6) is 5.75 Å². The number of amides is 1. The summed E-state index contributed by atoms with van der Waals surface area (Å²) >= 11 is 1.71. The van der Waals surface area contributed by atoms with E-state index in [1.807, 2.05) is 24.3 Å². The molecule has 9 heteroatoms. The Kier molecular flexibility index (Phi) is 6.71. The minimum atomic E-state index is -0.776. The first-order chi connectivity index (χ1) is 14.0. The molecule has 0 aromatic heterocycles. The molecule has 0 N–H and O–H groups in total. The van der Waals surface area contributed by atoms with E-state index in [4.69, 9.17) is 9.47 Å². The van der Waals surface area contributed by atoms with Crippen LogP contribution in [0.1, 0.15) is 13.3 Å². The Balaban J connectivity index is 1.57. The van der Waals surface area contributed by atoms with Crippen molar-refractivity contribution in [2.75, 3.05) is 24.7 Å². The van der Waals surface area contributed by atoms with Gasteiger partial charge in [0.2, 0.25) is 0 Å². The van der Waals surface area contributed by atoms with E-state index in [1.54, 1.807) is 22.7 Å². The highest BCUT2D eigenvalue weighted by atomic mass is 32.2. The SMILES string of the molecule is C[C@H]1CCN(C(=O)COC(=O)COc2ccccc2[N+](=O)[O-])c2ccccc2S1. The molecule has 2 aromatic carbocycles. The summed E-state index contributed by atoms with van der Waals surface area (Å²) in [6.45, 7) is 1.69. The topological polar surface area (TPSA) is 99.0 Å². The Labute approximate surface area is 171 Å². The highest BCUT2D eigenvalue weighted by molar-refractivity contribution is 8.00. The van der Waals surface area contributed by atoms with E-state index in [-0.39, 0.29) is 17.3 Å². The van der Waals surface area contributed by atoms with Gasteiger partial charge < -0.3 is 14.4 Å². The lowest BCUT2D eigenvalue weighted by Gasteiger charge is -2.22. The van der Waals surface area contributed by atoms with Gasteiger partial charge in [0.1, 0.15) is 0 Å². The Bertz CT molecular complexity index is 919. The van der Waals surface area contributed by atoms with Gasteiger partial charge in [-0.25, -0.2) is 4.79 Å². The molecule has 1 heterocycles. The molecule has 8 nitrogen and oxygen atoms in total. The first-order valence-corrected chi connectivity index (χ1v) is 9.91. The molecule has 0 unspecified atom stereocenters. The molecule has 1 atom stereocenters. The van der Waals surface area contributed by atoms with Gasteiger partial charge in [-0.15, -0.1) is 11.8 Å². The molecule has 0 spiro atoms. The largest absolute Gasteiger partial charge is 0.475 e. The molecule has 1 aliphatic rings. The Morgan fingerprint density at radius 1 is 1.17 bits per heavy atom. The molecule has 0 bridgehead atoms. The summed E-state index contributed by atoms with van der Waals surface area (Å²) in [5, 5.41) is 11.3. The van der Waals surface area contributed by atoms with Crippen LogP contribution < -0.4 is 9.64 Å². The summed E-state index contributed by atoms with van der Waals surface area (Å²) in [7, 11) is 0. The van der Waals surface area contributed by atoms with Crippen LogP contribution in [0.3, 0.4) is 0 Å². The lowest BCUT2D eigenvalue weighted by Crippen LogP contribution is -2.36. The maximum Gasteiger partial charge on any atom is 0.344 e. The molecule has 0 radical (unpaired) electrons. The standard InChI is InChI=1S/C20H20N2O6S/c1-14-10-11-21(16-7-3-5-9-18(16)29-14)19(23)12-28-20(24)13-27-17-8-4-2-6-15(17)22(25)26/h2-9,14H,10-13H2,1H3/t14-/m0/s1. The van der Waals surface area contributed by atoms with Crippen LogP contribution in [0.15, 0.2) is 53.4 Å². The number of hydrogen-bond donors (Lipinski definition) is 0. The van der Waals surface area contributed by atoms with Crippen molar-refractivity contribution in [3.63, 3.8) is 0 Å². The average molecular weight is 416 g/mol. The number of nitro benzene ring substituents is 1. The van der Waals surface area contributed by atoms with E-state index in [1.165, 1.54) is 18.2 Å². The zero-order valence-electron chi connectivity index (χ0n) is 15.8. The lowest BCUT2D eigenvalue weighted by atomic mass is 10.2. The Hall–Kier alpha value is -3.07. The highest BCUT2D eigenvalue weighted by Gasteiger charge is 2.25. The molecule has 29 heavy (non-hydrogen) atoms. The number of esters is 1. The van der Waals surface area contributed by atoms with Crippen LogP contribution in [0.4, 0.5) is 11.4 Å². The number of benzene rings is 2. The quantitative estimate of drug-likeness (QED) is 0.404. The second kappa shape index (κ2) is 9.42. The molecule has 2 aromatic rings. The van der Waals surface area contributed by atoms with Gasteiger partial charge in [0.25, 0.3) is 5.91 Å².